The van der Waals surface area contributed by atoms with Gasteiger partial charge < -0.3 is 15.2 Å². The molecule has 0 radical (unpaired) electrons. The molecule has 2 rings (SSSR count). The number of aliphatic hydroxyl groups is 1. The first-order valence-corrected chi connectivity index (χ1v) is 8.31. The van der Waals surface area contributed by atoms with E-state index in [-0.39, 0.29) is 6.04 Å². The molecule has 1 aliphatic carbocycles. The van der Waals surface area contributed by atoms with Gasteiger partial charge in [-0.05, 0) is 37.5 Å². The molecule has 2 N–H and O–H groups in total. The maximum atomic E-state index is 10.0. The van der Waals surface area contributed by atoms with Gasteiger partial charge in [-0.25, -0.2) is 0 Å². The van der Waals surface area contributed by atoms with Gasteiger partial charge >= 0.3 is 0 Å². The monoisotopic (exact) mass is 311 g/mol. The fourth-order valence-electron chi connectivity index (χ4n) is 2.72. The van der Waals surface area contributed by atoms with E-state index in [0.717, 1.165) is 17.9 Å². The maximum Gasteiger partial charge on any atom is 0.0898 e. The molecule has 1 saturated carbocycles. The smallest absolute Gasteiger partial charge is 0.0898 e. The van der Waals surface area contributed by atoms with E-state index in [0.29, 0.717) is 19.3 Å². The van der Waals surface area contributed by atoms with Crippen LogP contribution in [0.15, 0.2) is 24.3 Å². The molecule has 2 atom stereocenters. The van der Waals surface area contributed by atoms with Crippen molar-refractivity contribution in [2.45, 2.75) is 57.3 Å². The van der Waals surface area contributed by atoms with Crippen molar-refractivity contribution in [1.29, 1.82) is 0 Å². The quantitative estimate of drug-likeness (QED) is 0.806. The fraction of sp³-hybridized carbons (Fsp3) is 0.647. The van der Waals surface area contributed by atoms with Crippen molar-refractivity contribution in [3.8, 4) is 0 Å². The highest BCUT2D eigenvalue weighted by molar-refractivity contribution is 6.30. The molecule has 3 nitrogen and oxygen atoms in total. The molecule has 0 spiro atoms. The molecule has 0 aromatic heterocycles. The Balaban J connectivity index is 1.65. The molecule has 1 aliphatic rings. The first-order valence-electron chi connectivity index (χ1n) is 7.93. The van der Waals surface area contributed by atoms with Gasteiger partial charge in [0.25, 0.3) is 0 Å². The highest BCUT2D eigenvalue weighted by Crippen LogP contribution is 2.20. The third-order valence-electron chi connectivity index (χ3n) is 4.11. The summed E-state index contributed by atoms with van der Waals surface area (Å²) >= 11 is 5.88. The molecule has 1 aromatic carbocycles. The molecule has 0 bridgehead atoms. The van der Waals surface area contributed by atoms with Crippen LogP contribution in [0, 0.1) is 0 Å². The van der Waals surface area contributed by atoms with Crippen molar-refractivity contribution in [2.24, 2.45) is 0 Å². The van der Waals surface area contributed by atoms with Crippen LogP contribution in [-0.4, -0.2) is 30.5 Å². The Labute approximate surface area is 132 Å². The summed E-state index contributed by atoms with van der Waals surface area (Å²) in [7, 11) is 0. The van der Waals surface area contributed by atoms with Crippen LogP contribution in [0.4, 0.5) is 0 Å². The third kappa shape index (κ3) is 5.95. The zero-order chi connectivity index (χ0) is 15.1. The van der Waals surface area contributed by atoms with E-state index in [9.17, 15) is 5.11 Å². The van der Waals surface area contributed by atoms with Crippen molar-refractivity contribution in [3.63, 3.8) is 0 Å². The predicted molar refractivity (Wildman–Crippen MR) is 86.7 cm³/mol. The Bertz CT molecular complexity index is 404. The third-order valence-corrected chi connectivity index (χ3v) is 4.36. The second-order valence-electron chi connectivity index (χ2n) is 5.93. The van der Waals surface area contributed by atoms with Crippen LogP contribution in [0.1, 0.15) is 50.6 Å². The van der Waals surface area contributed by atoms with Gasteiger partial charge in [-0.3, -0.25) is 0 Å². The van der Waals surface area contributed by atoms with Gasteiger partial charge in [0, 0.05) is 17.6 Å². The number of benzene rings is 1. The summed E-state index contributed by atoms with van der Waals surface area (Å²) in [5, 5.41) is 14.1. The summed E-state index contributed by atoms with van der Waals surface area (Å²) in [4.78, 5) is 0. The molecule has 0 saturated heterocycles. The van der Waals surface area contributed by atoms with Crippen molar-refractivity contribution in [2.75, 3.05) is 13.2 Å². The average Bonchev–Trinajstić information content (AvgIpc) is 2.52. The number of rotatable bonds is 7. The van der Waals surface area contributed by atoms with Crippen LogP contribution in [0.3, 0.4) is 0 Å². The minimum absolute atomic E-state index is 0.187. The van der Waals surface area contributed by atoms with E-state index >= 15 is 0 Å². The van der Waals surface area contributed by atoms with E-state index in [1.165, 1.54) is 24.8 Å². The Hall–Kier alpha value is -0.610. The van der Waals surface area contributed by atoms with E-state index in [1.807, 2.05) is 24.3 Å². The number of hydrogen-bond acceptors (Lipinski definition) is 3. The van der Waals surface area contributed by atoms with Crippen LogP contribution < -0.4 is 5.32 Å². The van der Waals surface area contributed by atoms with E-state index < -0.39 is 6.10 Å². The summed E-state index contributed by atoms with van der Waals surface area (Å²) in [5.41, 5.74) is 1.17. The topological polar surface area (TPSA) is 41.5 Å². The molecule has 4 heteroatoms. The minimum Gasteiger partial charge on any atom is -0.389 e. The van der Waals surface area contributed by atoms with Gasteiger partial charge in [-0.1, -0.05) is 43.0 Å². The molecule has 0 heterocycles. The number of nitrogens with one attached hydrogen (secondary N) is 1. The second kappa shape index (κ2) is 8.74. The van der Waals surface area contributed by atoms with Gasteiger partial charge in [0.2, 0.25) is 0 Å². The molecule has 2 unspecified atom stereocenters. The lowest BCUT2D eigenvalue weighted by Crippen LogP contribution is -2.33. The summed E-state index contributed by atoms with van der Waals surface area (Å²) in [5.74, 6) is 0. The largest absolute Gasteiger partial charge is 0.389 e. The van der Waals surface area contributed by atoms with Gasteiger partial charge in [-0.2, -0.15) is 0 Å². The van der Waals surface area contributed by atoms with Gasteiger partial charge in [0.05, 0.1) is 18.8 Å². The Morgan fingerprint density at radius 2 is 1.90 bits per heavy atom. The first kappa shape index (κ1) is 16.8. The summed E-state index contributed by atoms with van der Waals surface area (Å²) in [6.45, 7) is 3.04. The first-order chi connectivity index (χ1) is 10.1. The molecule has 118 valence electrons. The number of halogens is 1. The number of aliphatic hydroxyl groups excluding tert-OH is 1. The Kier molecular flexibility index (Phi) is 6.97. The van der Waals surface area contributed by atoms with Crippen LogP contribution in [0.2, 0.25) is 5.02 Å². The molecule has 0 amide bonds. The van der Waals surface area contributed by atoms with Crippen molar-refractivity contribution in [3.05, 3.63) is 34.9 Å². The molecule has 0 aliphatic heterocycles. The Morgan fingerprint density at radius 1 is 1.24 bits per heavy atom. The molecular weight excluding hydrogens is 286 g/mol. The van der Waals surface area contributed by atoms with E-state index in [2.05, 4.69) is 12.2 Å². The molecule has 21 heavy (non-hydrogen) atoms. The highest BCUT2D eigenvalue weighted by Gasteiger charge is 2.16. The van der Waals surface area contributed by atoms with Gasteiger partial charge in [-0.15, -0.1) is 0 Å². The second-order valence-corrected chi connectivity index (χ2v) is 6.37. The van der Waals surface area contributed by atoms with Crippen LogP contribution in [-0.2, 0) is 4.74 Å². The van der Waals surface area contributed by atoms with Gasteiger partial charge in [0.15, 0.2) is 0 Å². The molecule has 1 aromatic rings. The zero-order valence-electron chi connectivity index (χ0n) is 12.7. The van der Waals surface area contributed by atoms with Crippen molar-refractivity contribution >= 4 is 11.6 Å². The summed E-state index contributed by atoms with van der Waals surface area (Å²) < 4.78 is 5.79. The van der Waals surface area contributed by atoms with E-state index in [1.54, 1.807) is 0 Å². The lowest BCUT2D eigenvalue weighted by atomic mass is 9.98. The van der Waals surface area contributed by atoms with Crippen molar-refractivity contribution < 1.29 is 9.84 Å². The van der Waals surface area contributed by atoms with Crippen LogP contribution in [0.25, 0.3) is 0 Å². The average molecular weight is 312 g/mol. The lowest BCUT2D eigenvalue weighted by molar-refractivity contribution is -0.0235. The Morgan fingerprint density at radius 3 is 2.57 bits per heavy atom. The maximum absolute atomic E-state index is 10.0. The zero-order valence-corrected chi connectivity index (χ0v) is 13.5. The number of hydrogen-bond donors (Lipinski definition) is 2. The fourth-order valence-corrected chi connectivity index (χ4v) is 2.85. The molecule has 1 fully saturated rings. The summed E-state index contributed by atoms with van der Waals surface area (Å²) in [6, 6.07) is 7.97. The van der Waals surface area contributed by atoms with Gasteiger partial charge in [0.1, 0.15) is 0 Å². The minimum atomic E-state index is -0.457. The standard InChI is InChI=1S/C17H26ClNO2/c1-13(14-7-9-15(18)10-8-14)19-11-16(20)12-21-17-5-3-2-4-6-17/h7-10,13,16-17,19-20H,2-6,11-12H2,1H3. The van der Waals surface area contributed by atoms with E-state index in [4.69, 9.17) is 16.3 Å². The number of ether oxygens (including phenoxy) is 1. The normalized spacial score (nSPS) is 19.4. The summed E-state index contributed by atoms with van der Waals surface area (Å²) in [6.07, 6.45) is 6.01. The van der Waals surface area contributed by atoms with Crippen molar-refractivity contribution in [1.82, 2.24) is 5.32 Å². The van der Waals surface area contributed by atoms with Crippen LogP contribution >= 0.6 is 11.6 Å². The SMILES string of the molecule is CC(NCC(O)COC1CCCCC1)c1ccc(Cl)cc1. The highest BCUT2D eigenvalue weighted by atomic mass is 35.5. The van der Waals surface area contributed by atoms with Crippen LogP contribution in [0.5, 0.6) is 0 Å². The lowest BCUT2D eigenvalue weighted by Gasteiger charge is -2.24. The predicted octanol–water partition coefficient (Wildman–Crippen LogP) is 3.70. The molecular formula is C17H26ClNO2.